The summed E-state index contributed by atoms with van der Waals surface area (Å²) in [6.07, 6.45) is 0. The first kappa shape index (κ1) is 22.0. The molecule has 0 aliphatic carbocycles. The minimum absolute atomic E-state index is 0.00432. The van der Waals surface area contributed by atoms with E-state index in [-0.39, 0.29) is 15.6 Å². The average molecular weight is 471 g/mol. The third kappa shape index (κ3) is 4.01. The van der Waals surface area contributed by atoms with E-state index >= 15 is 0 Å². The molecule has 1 unspecified atom stereocenters. The van der Waals surface area contributed by atoms with Gasteiger partial charge >= 0.3 is 0 Å². The zero-order valence-corrected chi connectivity index (χ0v) is 18.9. The molecule has 0 N–H and O–H groups in total. The normalized spacial score (nSPS) is 17.7. The Morgan fingerprint density at radius 1 is 1.03 bits per heavy atom. The van der Waals surface area contributed by atoms with Crippen molar-refractivity contribution in [3.8, 4) is 5.75 Å². The molecule has 0 spiro atoms. The zero-order chi connectivity index (χ0) is 22.9. The van der Waals surface area contributed by atoms with Crippen LogP contribution in [0, 0.1) is 12.7 Å². The Kier molecular flexibility index (Phi) is 6.03. The second-order valence-electron chi connectivity index (χ2n) is 6.99. The highest BCUT2D eigenvalue weighted by molar-refractivity contribution is 8.16. The molecule has 9 heteroatoms. The fraction of sp³-hybridized carbons (Fsp3) is 0.130. The lowest BCUT2D eigenvalue weighted by Gasteiger charge is -2.17. The van der Waals surface area contributed by atoms with E-state index in [2.05, 4.69) is 4.99 Å². The maximum Gasteiger partial charge on any atom is 0.272 e. The SMILES string of the molecule is COc1ccccc1N=C1SC(c2ccccc2)C(=O)N1S(=O)(=O)c1ccc(F)c(C)c1. The molecule has 1 saturated heterocycles. The van der Waals surface area contributed by atoms with Gasteiger partial charge < -0.3 is 4.74 Å². The number of hydrogen-bond acceptors (Lipinski definition) is 6. The van der Waals surface area contributed by atoms with E-state index in [1.807, 2.05) is 6.07 Å². The number of carbonyl (C=O) groups excluding carboxylic acids is 1. The number of rotatable bonds is 5. The number of ether oxygens (including phenoxy) is 1. The van der Waals surface area contributed by atoms with Crippen LogP contribution in [0.25, 0.3) is 0 Å². The number of amides is 1. The van der Waals surface area contributed by atoms with Crippen LogP contribution in [0.2, 0.25) is 0 Å². The van der Waals surface area contributed by atoms with E-state index in [9.17, 15) is 17.6 Å². The molecule has 0 aromatic heterocycles. The fourth-order valence-electron chi connectivity index (χ4n) is 3.24. The molecule has 1 aliphatic rings. The predicted octanol–water partition coefficient (Wildman–Crippen LogP) is 4.84. The van der Waals surface area contributed by atoms with Crippen LogP contribution in [0.3, 0.4) is 0 Å². The molecule has 6 nitrogen and oxygen atoms in total. The lowest BCUT2D eigenvalue weighted by Crippen LogP contribution is -2.36. The minimum atomic E-state index is -4.33. The molecular formula is C23H19FN2O4S2. The minimum Gasteiger partial charge on any atom is -0.494 e. The number of sulfonamides is 1. The number of para-hydroxylation sites is 2. The maximum absolute atomic E-state index is 13.8. The lowest BCUT2D eigenvalue weighted by atomic mass is 10.1. The van der Waals surface area contributed by atoms with Crippen molar-refractivity contribution in [2.24, 2.45) is 4.99 Å². The number of amidine groups is 1. The molecule has 32 heavy (non-hydrogen) atoms. The zero-order valence-electron chi connectivity index (χ0n) is 17.2. The van der Waals surface area contributed by atoms with Crippen LogP contribution in [-0.2, 0) is 14.8 Å². The van der Waals surface area contributed by atoms with Gasteiger partial charge in [0.15, 0.2) is 5.17 Å². The third-order valence-corrected chi connectivity index (χ3v) is 7.89. The number of methoxy groups -OCH3 is 1. The average Bonchev–Trinajstić information content (AvgIpc) is 3.13. The van der Waals surface area contributed by atoms with Crippen molar-refractivity contribution in [3.63, 3.8) is 0 Å². The number of benzene rings is 3. The number of hydrogen-bond donors (Lipinski definition) is 0. The molecule has 1 atom stereocenters. The van der Waals surface area contributed by atoms with Gasteiger partial charge in [-0.05, 0) is 48.4 Å². The monoisotopic (exact) mass is 470 g/mol. The van der Waals surface area contributed by atoms with Gasteiger partial charge in [-0.15, -0.1) is 0 Å². The summed E-state index contributed by atoms with van der Waals surface area (Å²) in [7, 11) is -2.85. The summed E-state index contributed by atoms with van der Waals surface area (Å²) in [6.45, 7) is 1.46. The van der Waals surface area contributed by atoms with Crippen molar-refractivity contribution in [1.29, 1.82) is 0 Å². The second-order valence-corrected chi connectivity index (χ2v) is 9.85. The standard InChI is InChI=1S/C23H19FN2O4S2/c1-15-14-17(12-13-18(15)24)32(28,29)26-22(27)21(16-8-4-3-5-9-16)31-23(26)25-19-10-6-7-11-20(19)30-2/h3-14,21H,1-2H3. The molecule has 0 bridgehead atoms. The molecule has 1 amide bonds. The Bertz CT molecular complexity index is 1310. The summed E-state index contributed by atoms with van der Waals surface area (Å²) >= 11 is 1.04. The highest BCUT2D eigenvalue weighted by atomic mass is 32.2. The molecule has 3 aromatic carbocycles. The highest BCUT2D eigenvalue weighted by Gasteiger charge is 2.46. The van der Waals surface area contributed by atoms with Crippen LogP contribution < -0.4 is 4.74 Å². The molecule has 0 radical (unpaired) electrons. The number of nitrogens with zero attached hydrogens (tertiary/aromatic N) is 2. The summed E-state index contributed by atoms with van der Waals surface area (Å²) in [6, 6.07) is 19.2. The fourth-order valence-corrected chi connectivity index (χ4v) is 6.15. The van der Waals surface area contributed by atoms with Gasteiger partial charge in [0, 0.05) is 0 Å². The third-order valence-electron chi connectivity index (χ3n) is 4.89. The molecule has 3 aromatic rings. The van der Waals surface area contributed by atoms with Gasteiger partial charge in [-0.2, -0.15) is 4.31 Å². The van der Waals surface area contributed by atoms with Gasteiger partial charge in [0.2, 0.25) is 0 Å². The summed E-state index contributed by atoms with van der Waals surface area (Å²) in [5.41, 5.74) is 1.20. The number of thioether (sulfide) groups is 1. The molecule has 1 heterocycles. The van der Waals surface area contributed by atoms with Gasteiger partial charge in [0.05, 0.1) is 12.0 Å². The van der Waals surface area contributed by atoms with Crippen LogP contribution in [0.4, 0.5) is 10.1 Å². The first-order chi connectivity index (χ1) is 15.3. The van der Waals surface area contributed by atoms with Gasteiger partial charge in [-0.25, -0.2) is 17.8 Å². The Morgan fingerprint density at radius 2 is 1.72 bits per heavy atom. The Labute approximate surface area is 189 Å². The summed E-state index contributed by atoms with van der Waals surface area (Å²) in [5, 5.41) is -0.795. The Hall–Kier alpha value is -3.17. The summed E-state index contributed by atoms with van der Waals surface area (Å²) in [5.74, 6) is -0.737. The van der Waals surface area contributed by atoms with Crippen molar-refractivity contribution in [3.05, 3.63) is 89.7 Å². The van der Waals surface area contributed by atoms with Crippen LogP contribution in [-0.4, -0.2) is 30.9 Å². The van der Waals surface area contributed by atoms with Crippen molar-refractivity contribution in [1.82, 2.24) is 4.31 Å². The molecule has 1 fully saturated rings. The van der Waals surface area contributed by atoms with E-state index in [0.717, 1.165) is 23.9 Å². The smallest absolute Gasteiger partial charge is 0.272 e. The molecule has 0 saturated carbocycles. The topological polar surface area (TPSA) is 76.0 Å². The van der Waals surface area contributed by atoms with Gasteiger partial charge in [0.1, 0.15) is 22.5 Å². The van der Waals surface area contributed by atoms with E-state index < -0.39 is 27.0 Å². The molecule has 164 valence electrons. The number of carbonyl (C=O) groups is 1. The van der Waals surface area contributed by atoms with Crippen molar-refractivity contribution >= 4 is 38.5 Å². The summed E-state index contributed by atoms with van der Waals surface area (Å²) < 4.78 is 46.8. The van der Waals surface area contributed by atoms with Gasteiger partial charge in [0.25, 0.3) is 15.9 Å². The largest absolute Gasteiger partial charge is 0.494 e. The maximum atomic E-state index is 13.8. The van der Waals surface area contributed by atoms with Crippen molar-refractivity contribution in [2.75, 3.05) is 7.11 Å². The van der Waals surface area contributed by atoms with Crippen molar-refractivity contribution < 1.29 is 22.3 Å². The van der Waals surface area contributed by atoms with E-state index in [1.54, 1.807) is 48.5 Å². The van der Waals surface area contributed by atoms with Crippen LogP contribution in [0.1, 0.15) is 16.4 Å². The second kappa shape index (κ2) is 8.76. The van der Waals surface area contributed by atoms with E-state index in [1.165, 1.54) is 20.1 Å². The first-order valence-electron chi connectivity index (χ1n) is 9.61. The molecular weight excluding hydrogens is 451 g/mol. The van der Waals surface area contributed by atoms with Gasteiger partial charge in [-0.1, -0.05) is 54.2 Å². The Balaban J connectivity index is 1.86. The van der Waals surface area contributed by atoms with E-state index in [4.69, 9.17) is 4.74 Å². The summed E-state index contributed by atoms with van der Waals surface area (Å²) in [4.78, 5) is 17.7. The Morgan fingerprint density at radius 3 is 2.41 bits per heavy atom. The van der Waals surface area contributed by atoms with Crippen LogP contribution in [0.15, 0.2) is 82.7 Å². The number of aliphatic imine (C=N–C) groups is 1. The first-order valence-corrected chi connectivity index (χ1v) is 11.9. The number of halogens is 1. The van der Waals surface area contributed by atoms with Crippen molar-refractivity contribution in [2.45, 2.75) is 17.1 Å². The molecule has 1 aliphatic heterocycles. The lowest BCUT2D eigenvalue weighted by molar-refractivity contribution is -0.122. The quantitative estimate of drug-likeness (QED) is 0.534. The predicted molar refractivity (Wildman–Crippen MR) is 122 cm³/mol. The highest BCUT2D eigenvalue weighted by Crippen LogP contribution is 2.43. The molecule has 4 rings (SSSR count). The van der Waals surface area contributed by atoms with E-state index in [0.29, 0.717) is 21.3 Å². The van der Waals surface area contributed by atoms with Crippen LogP contribution >= 0.6 is 11.8 Å². The number of aryl methyl sites for hydroxylation is 1. The van der Waals surface area contributed by atoms with Gasteiger partial charge in [-0.3, -0.25) is 4.79 Å². The van der Waals surface area contributed by atoms with Crippen LogP contribution in [0.5, 0.6) is 5.75 Å².